The van der Waals surface area contributed by atoms with E-state index in [4.69, 9.17) is 0 Å². The normalized spacial score (nSPS) is 10.8. The van der Waals surface area contributed by atoms with Crippen LogP contribution in [0.3, 0.4) is 0 Å². The second-order valence-corrected chi connectivity index (χ2v) is 4.44. The lowest BCUT2D eigenvalue weighted by molar-refractivity contribution is 0.151. The Morgan fingerprint density at radius 3 is 2.75 bits per heavy atom. The number of aromatic nitrogens is 1. The Kier molecular flexibility index (Phi) is 4.50. The largest absolute Gasteiger partial charge is 0.380 e. The van der Waals surface area contributed by atoms with E-state index in [0.29, 0.717) is 13.1 Å². The average molecular weight is 278 g/mol. The zero-order valence-electron chi connectivity index (χ0n) is 11.1. The van der Waals surface area contributed by atoms with Crippen LogP contribution in [-0.2, 0) is 13.1 Å². The fourth-order valence-electron chi connectivity index (χ4n) is 1.93. The predicted molar refractivity (Wildman–Crippen MR) is 75.1 cm³/mol. The lowest BCUT2D eigenvalue weighted by atomic mass is 10.1. The Morgan fingerprint density at radius 2 is 2.05 bits per heavy atom. The molecule has 0 unspecified atom stereocenters. The van der Waals surface area contributed by atoms with E-state index in [1.165, 1.54) is 18.2 Å². The smallest absolute Gasteiger partial charge is 0.263 e. The van der Waals surface area contributed by atoms with Crippen molar-refractivity contribution in [3.8, 4) is 0 Å². The van der Waals surface area contributed by atoms with Crippen LogP contribution in [0.15, 0.2) is 47.4 Å². The lowest BCUT2D eigenvalue weighted by Gasteiger charge is -2.10. The predicted octanol–water partition coefficient (Wildman–Crippen LogP) is 3.42. The number of hydrogen-bond donors (Lipinski definition) is 1. The Bertz CT molecular complexity index is 638. The van der Waals surface area contributed by atoms with Gasteiger partial charge < -0.3 is 9.88 Å². The number of halogens is 2. The molecule has 0 aliphatic rings. The van der Waals surface area contributed by atoms with Crippen molar-refractivity contribution in [2.24, 2.45) is 0 Å². The van der Waals surface area contributed by atoms with E-state index in [9.17, 15) is 13.6 Å². The maximum Gasteiger partial charge on any atom is 0.263 e. The molecule has 2 rings (SSSR count). The zero-order chi connectivity index (χ0) is 14.5. The second kappa shape index (κ2) is 6.32. The number of alkyl halides is 2. The first kappa shape index (κ1) is 14.2. The van der Waals surface area contributed by atoms with E-state index in [-0.39, 0.29) is 11.1 Å². The standard InChI is InChI=1S/C15H16F2N2O/c1-2-19-10-13(6-7-14(19)20)18-9-11-4-3-5-12(8-11)15(16)17/h3-8,10,15,18H,2,9H2,1H3. The molecule has 1 aromatic carbocycles. The maximum absolute atomic E-state index is 12.6. The summed E-state index contributed by atoms with van der Waals surface area (Å²) in [6, 6.07) is 9.46. The molecule has 0 radical (unpaired) electrons. The minimum Gasteiger partial charge on any atom is -0.380 e. The third kappa shape index (κ3) is 3.44. The van der Waals surface area contributed by atoms with E-state index in [0.717, 1.165) is 11.3 Å². The molecule has 1 N–H and O–H groups in total. The quantitative estimate of drug-likeness (QED) is 0.909. The molecule has 20 heavy (non-hydrogen) atoms. The second-order valence-electron chi connectivity index (χ2n) is 4.44. The highest BCUT2D eigenvalue weighted by atomic mass is 19.3. The Labute approximate surface area is 115 Å². The molecule has 0 aliphatic carbocycles. The minimum absolute atomic E-state index is 0.0165. The van der Waals surface area contributed by atoms with Crippen LogP contribution in [-0.4, -0.2) is 4.57 Å². The molecule has 1 aromatic heterocycles. The van der Waals surface area contributed by atoms with Gasteiger partial charge in [-0.2, -0.15) is 0 Å². The first-order valence-electron chi connectivity index (χ1n) is 6.41. The molecule has 0 spiro atoms. The summed E-state index contributed by atoms with van der Waals surface area (Å²) in [7, 11) is 0. The molecule has 0 saturated heterocycles. The van der Waals surface area contributed by atoms with Gasteiger partial charge in [0.15, 0.2) is 0 Å². The zero-order valence-corrected chi connectivity index (χ0v) is 11.1. The van der Waals surface area contributed by atoms with E-state index >= 15 is 0 Å². The fourth-order valence-corrected chi connectivity index (χ4v) is 1.93. The van der Waals surface area contributed by atoms with Gasteiger partial charge in [-0.3, -0.25) is 4.79 Å². The molecule has 5 heteroatoms. The maximum atomic E-state index is 12.6. The van der Waals surface area contributed by atoms with Crippen LogP contribution in [0.4, 0.5) is 14.5 Å². The molecule has 3 nitrogen and oxygen atoms in total. The molecule has 0 aliphatic heterocycles. The summed E-state index contributed by atoms with van der Waals surface area (Å²) in [5.74, 6) is 0. The highest BCUT2D eigenvalue weighted by molar-refractivity contribution is 5.41. The summed E-state index contributed by atoms with van der Waals surface area (Å²) in [5.41, 5.74) is 1.52. The molecule has 0 atom stereocenters. The molecule has 0 fully saturated rings. The van der Waals surface area contributed by atoms with Crippen molar-refractivity contribution in [3.05, 3.63) is 64.1 Å². The summed E-state index contributed by atoms with van der Waals surface area (Å²) >= 11 is 0. The number of rotatable bonds is 5. The van der Waals surface area contributed by atoms with E-state index < -0.39 is 6.43 Å². The van der Waals surface area contributed by atoms with Crippen LogP contribution in [0, 0.1) is 0 Å². The fraction of sp³-hybridized carbons (Fsp3) is 0.267. The summed E-state index contributed by atoms with van der Waals surface area (Å²) in [4.78, 5) is 11.4. The first-order valence-corrected chi connectivity index (χ1v) is 6.41. The van der Waals surface area contributed by atoms with Gasteiger partial charge >= 0.3 is 0 Å². The summed E-state index contributed by atoms with van der Waals surface area (Å²) in [6.45, 7) is 2.91. The summed E-state index contributed by atoms with van der Waals surface area (Å²) < 4.78 is 26.8. The number of pyridine rings is 1. The number of hydrogen-bond acceptors (Lipinski definition) is 2. The Balaban J connectivity index is 2.08. The number of aryl methyl sites for hydroxylation is 1. The summed E-state index contributed by atoms with van der Waals surface area (Å²) in [5, 5.41) is 3.12. The highest BCUT2D eigenvalue weighted by Crippen LogP contribution is 2.19. The van der Waals surface area contributed by atoms with Crippen molar-refractivity contribution in [2.45, 2.75) is 26.4 Å². The first-order chi connectivity index (χ1) is 9.60. The van der Waals surface area contributed by atoms with Gasteiger partial charge in [-0.15, -0.1) is 0 Å². The van der Waals surface area contributed by atoms with Gasteiger partial charge in [-0.1, -0.05) is 18.2 Å². The SMILES string of the molecule is CCn1cc(NCc2cccc(C(F)F)c2)ccc1=O. The number of nitrogens with one attached hydrogen (secondary N) is 1. The monoisotopic (exact) mass is 278 g/mol. The number of anilines is 1. The van der Waals surface area contributed by atoms with Crippen LogP contribution < -0.4 is 10.9 Å². The molecule has 0 saturated carbocycles. The van der Waals surface area contributed by atoms with Gasteiger partial charge in [0.05, 0.1) is 5.69 Å². The van der Waals surface area contributed by atoms with Gasteiger partial charge in [0.25, 0.3) is 12.0 Å². The van der Waals surface area contributed by atoms with Gasteiger partial charge in [0.1, 0.15) is 0 Å². The van der Waals surface area contributed by atoms with Crippen molar-refractivity contribution in [1.29, 1.82) is 0 Å². The molecule has 0 amide bonds. The van der Waals surface area contributed by atoms with Crippen molar-refractivity contribution < 1.29 is 8.78 Å². The van der Waals surface area contributed by atoms with Gasteiger partial charge in [-0.25, -0.2) is 8.78 Å². The topological polar surface area (TPSA) is 34.0 Å². The Morgan fingerprint density at radius 1 is 1.25 bits per heavy atom. The van der Waals surface area contributed by atoms with Gasteiger partial charge in [0.2, 0.25) is 0 Å². The van der Waals surface area contributed by atoms with Crippen molar-refractivity contribution in [2.75, 3.05) is 5.32 Å². The van der Waals surface area contributed by atoms with E-state index in [1.807, 2.05) is 6.92 Å². The van der Waals surface area contributed by atoms with Crippen molar-refractivity contribution >= 4 is 5.69 Å². The van der Waals surface area contributed by atoms with Crippen LogP contribution in [0.25, 0.3) is 0 Å². The molecule has 2 aromatic rings. The molecule has 1 heterocycles. The molecular formula is C15H16F2N2O. The number of nitrogens with zero attached hydrogens (tertiary/aromatic N) is 1. The Hall–Kier alpha value is -2.17. The third-order valence-corrected chi connectivity index (χ3v) is 3.02. The number of benzene rings is 1. The van der Waals surface area contributed by atoms with Crippen LogP contribution in [0.2, 0.25) is 0 Å². The minimum atomic E-state index is -2.46. The van der Waals surface area contributed by atoms with Crippen LogP contribution >= 0.6 is 0 Å². The van der Waals surface area contributed by atoms with E-state index in [2.05, 4.69) is 5.32 Å². The molecule has 0 bridgehead atoms. The van der Waals surface area contributed by atoms with E-state index in [1.54, 1.807) is 29.0 Å². The lowest BCUT2D eigenvalue weighted by Crippen LogP contribution is -2.17. The van der Waals surface area contributed by atoms with Crippen LogP contribution in [0.1, 0.15) is 24.5 Å². The van der Waals surface area contributed by atoms with Crippen molar-refractivity contribution in [3.63, 3.8) is 0 Å². The molecule has 106 valence electrons. The highest BCUT2D eigenvalue weighted by Gasteiger charge is 2.06. The molecular weight excluding hydrogens is 262 g/mol. The summed E-state index contributed by atoms with van der Waals surface area (Å²) in [6.07, 6.45) is -0.740. The van der Waals surface area contributed by atoms with Gasteiger partial charge in [0, 0.05) is 30.9 Å². The van der Waals surface area contributed by atoms with Crippen LogP contribution in [0.5, 0.6) is 0 Å². The third-order valence-electron chi connectivity index (χ3n) is 3.02. The average Bonchev–Trinajstić information content (AvgIpc) is 2.46. The van der Waals surface area contributed by atoms with Gasteiger partial charge in [-0.05, 0) is 24.6 Å². The van der Waals surface area contributed by atoms with Crippen molar-refractivity contribution in [1.82, 2.24) is 4.57 Å².